The molecule has 1 aliphatic carbocycles. The Labute approximate surface area is 69.9 Å². The predicted octanol–water partition coefficient (Wildman–Crippen LogP) is 2.34. The van der Waals surface area contributed by atoms with Crippen LogP contribution in [0.25, 0.3) is 0 Å². The van der Waals surface area contributed by atoms with E-state index in [2.05, 4.69) is 25.7 Å². The normalized spacial score (nSPS) is 22.7. The van der Waals surface area contributed by atoms with Gasteiger partial charge in [-0.05, 0) is 32.1 Å². The summed E-state index contributed by atoms with van der Waals surface area (Å²) in [6.07, 6.45) is 6.08. The van der Waals surface area contributed by atoms with Crippen molar-refractivity contribution in [2.45, 2.75) is 45.2 Å². The lowest BCUT2D eigenvalue weighted by molar-refractivity contribution is 0.430. The van der Waals surface area contributed by atoms with Gasteiger partial charge < -0.3 is 5.32 Å². The smallest absolute Gasteiger partial charge is 0.0221 e. The maximum absolute atomic E-state index is 3.77. The van der Waals surface area contributed by atoms with Crippen LogP contribution in [0.2, 0.25) is 0 Å². The van der Waals surface area contributed by atoms with Gasteiger partial charge in [0.1, 0.15) is 0 Å². The molecule has 0 heterocycles. The highest BCUT2D eigenvalue weighted by Gasteiger charge is 2.29. The van der Waals surface area contributed by atoms with Crippen molar-refractivity contribution in [3.63, 3.8) is 0 Å². The molecule has 1 N–H and O–H groups in total. The van der Waals surface area contributed by atoms with Crippen LogP contribution in [0.15, 0.2) is 12.7 Å². The summed E-state index contributed by atoms with van der Waals surface area (Å²) in [6, 6.07) is 1.21. The fraction of sp³-hybridized carbons (Fsp3) is 0.800. The molecule has 1 aliphatic rings. The highest BCUT2D eigenvalue weighted by Crippen LogP contribution is 2.34. The maximum Gasteiger partial charge on any atom is 0.0221 e. The molecule has 1 heteroatoms. The fourth-order valence-corrected chi connectivity index (χ4v) is 1.49. The zero-order chi connectivity index (χ0) is 8.27. The van der Waals surface area contributed by atoms with E-state index in [0.29, 0.717) is 6.04 Å². The minimum Gasteiger partial charge on any atom is -0.308 e. The van der Waals surface area contributed by atoms with E-state index < -0.39 is 0 Å². The molecule has 2 atom stereocenters. The van der Waals surface area contributed by atoms with E-state index in [4.69, 9.17) is 0 Å². The van der Waals surface area contributed by atoms with Gasteiger partial charge in [-0.25, -0.2) is 0 Å². The lowest BCUT2D eigenvalue weighted by atomic mass is 10.1. The summed E-state index contributed by atoms with van der Waals surface area (Å²) in [5, 5.41) is 3.56. The monoisotopic (exact) mass is 153 g/mol. The molecule has 1 rings (SSSR count). The average molecular weight is 153 g/mol. The quantitative estimate of drug-likeness (QED) is 0.598. The van der Waals surface area contributed by atoms with E-state index in [-0.39, 0.29) is 0 Å². The van der Waals surface area contributed by atoms with Gasteiger partial charge in [-0.3, -0.25) is 0 Å². The molecule has 0 spiro atoms. The van der Waals surface area contributed by atoms with Crippen LogP contribution in [0, 0.1) is 5.92 Å². The Morgan fingerprint density at radius 3 is 2.64 bits per heavy atom. The van der Waals surface area contributed by atoms with Crippen LogP contribution in [0.3, 0.4) is 0 Å². The Balaban J connectivity index is 2.24. The second-order valence-corrected chi connectivity index (χ2v) is 3.54. The first-order valence-electron chi connectivity index (χ1n) is 4.66. The molecular formula is C10H19N. The molecule has 0 amide bonds. The van der Waals surface area contributed by atoms with Crippen LogP contribution in [-0.2, 0) is 0 Å². The first-order valence-corrected chi connectivity index (χ1v) is 4.66. The third-order valence-electron chi connectivity index (χ3n) is 2.46. The van der Waals surface area contributed by atoms with Crippen molar-refractivity contribution in [1.82, 2.24) is 5.32 Å². The molecule has 0 aromatic carbocycles. The number of nitrogens with one attached hydrogen (secondary N) is 1. The van der Waals surface area contributed by atoms with Crippen LogP contribution < -0.4 is 5.32 Å². The van der Waals surface area contributed by atoms with Gasteiger partial charge in [-0.1, -0.05) is 13.0 Å². The van der Waals surface area contributed by atoms with Crippen LogP contribution in [0.1, 0.15) is 33.1 Å². The van der Waals surface area contributed by atoms with E-state index >= 15 is 0 Å². The second-order valence-electron chi connectivity index (χ2n) is 3.54. The molecule has 1 saturated carbocycles. The van der Waals surface area contributed by atoms with Gasteiger partial charge in [0.2, 0.25) is 0 Å². The van der Waals surface area contributed by atoms with E-state index in [0.717, 1.165) is 12.0 Å². The number of hydrogen-bond acceptors (Lipinski definition) is 1. The maximum atomic E-state index is 3.77. The zero-order valence-electron chi connectivity index (χ0n) is 7.64. The van der Waals surface area contributed by atoms with Crippen molar-refractivity contribution in [2.75, 3.05) is 0 Å². The summed E-state index contributed by atoms with van der Waals surface area (Å²) in [5.74, 6) is 0.961. The van der Waals surface area contributed by atoms with Crippen molar-refractivity contribution in [3.8, 4) is 0 Å². The summed E-state index contributed by atoms with van der Waals surface area (Å²) in [4.78, 5) is 0. The topological polar surface area (TPSA) is 12.0 Å². The second kappa shape index (κ2) is 3.91. The van der Waals surface area contributed by atoms with Gasteiger partial charge in [0.25, 0.3) is 0 Å². The molecule has 0 bridgehead atoms. The summed E-state index contributed by atoms with van der Waals surface area (Å²) in [5.41, 5.74) is 0. The van der Waals surface area contributed by atoms with Gasteiger partial charge in [0.05, 0.1) is 0 Å². The summed E-state index contributed by atoms with van der Waals surface area (Å²) in [6.45, 7) is 8.19. The van der Waals surface area contributed by atoms with E-state index in [1.807, 2.05) is 6.08 Å². The Morgan fingerprint density at radius 2 is 2.27 bits per heavy atom. The zero-order valence-corrected chi connectivity index (χ0v) is 7.64. The van der Waals surface area contributed by atoms with Crippen LogP contribution in [0.5, 0.6) is 0 Å². The summed E-state index contributed by atoms with van der Waals surface area (Å²) >= 11 is 0. The Bertz CT molecular complexity index is 127. The van der Waals surface area contributed by atoms with E-state index in [1.165, 1.54) is 19.3 Å². The first-order chi connectivity index (χ1) is 5.27. The number of rotatable bonds is 5. The Morgan fingerprint density at radius 1 is 1.64 bits per heavy atom. The van der Waals surface area contributed by atoms with E-state index in [9.17, 15) is 0 Å². The molecule has 2 unspecified atom stereocenters. The molecule has 1 nitrogen and oxygen atoms in total. The van der Waals surface area contributed by atoms with Crippen molar-refractivity contribution < 1.29 is 0 Å². The highest BCUT2D eigenvalue weighted by molar-refractivity contribution is 4.91. The molecule has 0 radical (unpaired) electrons. The van der Waals surface area contributed by atoms with Gasteiger partial charge in [0, 0.05) is 12.1 Å². The molecule has 1 fully saturated rings. The molecule has 0 aromatic heterocycles. The largest absolute Gasteiger partial charge is 0.308 e. The van der Waals surface area contributed by atoms with Gasteiger partial charge in [-0.15, -0.1) is 6.58 Å². The highest BCUT2D eigenvalue weighted by atomic mass is 15.0. The molecule has 0 aliphatic heterocycles. The summed E-state index contributed by atoms with van der Waals surface area (Å²) < 4.78 is 0. The van der Waals surface area contributed by atoms with Crippen molar-refractivity contribution in [2.24, 2.45) is 5.92 Å². The third kappa shape index (κ3) is 2.66. The van der Waals surface area contributed by atoms with Crippen molar-refractivity contribution in [1.29, 1.82) is 0 Å². The van der Waals surface area contributed by atoms with Gasteiger partial charge in [-0.2, -0.15) is 0 Å². The van der Waals surface area contributed by atoms with E-state index in [1.54, 1.807) is 0 Å². The Hall–Kier alpha value is -0.300. The lowest BCUT2D eigenvalue weighted by Crippen LogP contribution is -2.36. The summed E-state index contributed by atoms with van der Waals surface area (Å²) in [7, 11) is 0. The molecule has 0 aromatic rings. The van der Waals surface area contributed by atoms with Gasteiger partial charge >= 0.3 is 0 Å². The predicted molar refractivity (Wildman–Crippen MR) is 49.6 cm³/mol. The first kappa shape index (κ1) is 8.79. The third-order valence-corrected chi connectivity index (χ3v) is 2.46. The van der Waals surface area contributed by atoms with Crippen LogP contribution in [0.4, 0.5) is 0 Å². The van der Waals surface area contributed by atoms with Crippen molar-refractivity contribution >= 4 is 0 Å². The lowest BCUT2D eigenvalue weighted by Gasteiger charge is -2.19. The SMILES string of the molecule is C=CC(C)NC(CC)C1CC1. The van der Waals surface area contributed by atoms with Crippen molar-refractivity contribution in [3.05, 3.63) is 12.7 Å². The molecule has 0 saturated heterocycles. The minimum atomic E-state index is 0.473. The Kier molecular flexibility index (Phi) is 3.13. The fourth-order valence-electron chi connectivity index (χ4n) is 1.49. The van der Waals surface area contributed by atoms with Gasteiger partial charge in [0.15, 0.2) is 0 Å². The minimum absolute atomic E-state index is 0.473. The standard InChI is InChI=1S/C10H19N/c1-4-8(3)11-10(5-2)9-6-7-9/h4,8-11H,1,5-7H2,2-3H3. The number of hydrogen-bond donors (Lipinski definition) is 1. The molecular weight excluding hydrogens is 134 g/mol. The average Bonchev–Trinajstić information content (AvgIpc) is 2.82. The van der Waals surface area contributed by atoms with Crippen LogP contribution in [-0.4, -0.2) is 12.1 Å². The molecule has 11 heavy (non-hydrogen) atoms. The van der Waals surface area contributed by atoms with Crippen LogP contribution >= 0.6 is 0 Å². The molecule has 64 valence electrons.